The third kappa shape index (κ3) is 2.54. The first kappa shape index (κ1) is 17.5. The van der Waals surface area contributed by atoms with Crippen LogP contribution in [0.3, 0.4) is 0 Å². The van der Waals surface area contributed by atoms with Crippen LogP contribution in [0.4, 0.5) is 5.69 Å². The Morgan fingerprint density at radius 2 is 1.77 bits per heavy atom. The first-order chi connectivity index (χ1) is 12.5. The Balaban J connectivity index is 1.84. The normalized spacial score (nSPS) is 29.1. The van der Waals surface area contributed by atoms with Gasteiger partial charge in [-0.2, -0.15) is 0 Å². The van der Waals surface area contributed by atoms with Crippen molar-refractivity contribution in [3.8, 4) is 0 Å². The van der Waals surface area contributed by atoms with Gasteiger partial charge in [-0.05, 0) is 51.0 Å². The molecule has 138 valence electrons. The number of fused-ring (bicyclic) bond motifs is 1. The predicted octanol–water partition coefficient (Wildman–Crippen LogP) is 4.22. The minimum atomic E-state index is -1.61. The van der Waals surface area contributed by atoms with Crippen LogP contribution in [0, 0.1) is 5.92 Å². The van der Waals surface area contributed by atoms with E-state index in [9.17, 15) is 14.7 Å². The van der Waals surface area contributed by atoms with Gasteiger partial charge in [0.25, 0.3) is 5.91 Å². The molecule has 0 spiro atoms. The van der Waals surface area contributed by atoms with E-state index < -0.39 is 11.5 Å². The van der Waals surface area contributed by atoms with Crippen molar-refractivity contribution in [2.45, 2.75) is 70.3 Å². The van der Waals surface area contributed by atoms with E-state index in [1.165, 1.54) is 42.2 Å². The number of aliphatic hydroxyl groups is 1. The summed E-state index contributed by atoms with van der Waals surface area (Å²) in [7, 11) is 0. The van der Waals surface area contributed by atoms with Gasteiger partial charge in [-0.15, -0.1) is 0 Å². The zero-order chi connectivity index (χ0) is 18.3. The number of nitrogens with zero attached hydrogens (tertiary/aromatic N) is 1. The lowest BCUT2D eigenvalue weighted by molar-refractivity contribution is -0.143. The SMILES string of the molecule is CC(=O)N1C(=O)[C@@](O)([C@@H]2CCCCC2=C2CCCCC2)c2ccccc21. The summed E-state index contributed by atoms with van der Waals surface area (Å²) in [5.74, 6) is -1.00. The molecule has 0 saturated heterocycles. The molecule has 0 radical (unpaired) electrons. The van der Waals surface area contributed by atoms with E-state index in [-0.39, 0.29) is 11.8 Å². The van der Waals surface area contributed by atoms with Gasteiger partial charge in [-0.1, -0.05) is 42.2 Å². The lowest BCUT2D eigenvalue weighted by Crippen LogP contribution is -2.48. The van der Waals surface area contributed by atoms with Crippen molar-refractivity contribution in [2.75, 3.05) is 4.90 Å². The number of para-hydroxylation sites is 1. The Kier molecular flexibility index (Phi) is 4.47. The zero-order valence-corrected chi connectivity index (χ0v) is 15.5. The van der Waals surface area contributed by atoms with Crippen LogP contribution >= 0.6 is 0 Å². The van der Waals surface area contributed by atoms with Gasteiger partial charge in [0.1, 0.15) is 0 Å². The molecular formula is C22H27NO3. The molecular weight excluding hydrogens is 326 g/mol. The van der Waals surface area contributed by atoms with Crippen LogP contribution in [-0.4, -0.2) is 16.9 Å². The summed E-state index contributed by atoms with van der Waals surface area (Å²) in [4.78, 5) is 26.6. The Morgan fingerprint density at radius 3 is 2.50 bits per heavy atom. The van der Waals surface area contributed by atoms with Gasteiger partial charge < -0.3 is 5.11 Å². The van der Waals surface area contributed by atoms with Gasteiger partial charge >= 0.3 is 0 Å². The Bertz CT molecular complexity index is 773. The molecule has 3 aliphatic rings. The van der Waals surface area contributed by atoms with Crippen LogP contribution in [0.15, 0.2) is 35.4 Å². The maximum Gasteiger partial charge on any atom is 0.271 e. The Labute approximate surface area is 154 Å². The largest absolute Gasteiger partial charge is 0.375 e. The topological polar surface area (TPSA) is 57.6 Å². The lowest BCUT2D eigenvalue weighted by Gasteiger charge is -2.38. The number of rotatable bonds is 1. The van der Waals surface area contributed by atoms with Gasteiger partial charge in [0, 0.05) is 18.4 Å². The summed E-state index contributed by atoms with van der Waals surface area (Å²) in [5.41, 5.74) is 2.29. The number of carbonyl (C=O) groups is 2. The summed E-state index contributed by atoms with van der Waals surface area (Å²) < 4.78 is 0. The van der Waals surface area contributed by atoms with Crippen LogP contribution in [-0.2, 0) is 15.2 Å². The van der Waals surface area contributed by atoms with Crippen molar-refractivity contribution in [1.82, 2.24) is 0 Å². The van der Waals surface area contributed by atoms with E-state index >= 15 is 0 Å². The first-order valence-electron chi connectivity index (χ1n) is 9.93. The van der Waals surface area contributed by atoms with Crippen molar-refractivity contribution in [3.05, 3.63) is 41.0 Å². The fourth-order valence-electron chi connectivity index (χ4n) is 5.23. The summed E-state index contributed by atoms with van der Waals surface area (Å²) >= 11 is 0. The number of anilines is 1. The Morgan fingerprint density at radius 1 is 1.08 bits per heavy atom. The second-order valence-electron chi connectivity index (χ2n) is 7.93. The van der Waals surface area contributed by atoms with Crippen molar-refractivity contribution >= 4 is 17.5 Å². The summed E-state index contributed by atoms with van der Waals surface area (Å²) in [5, 5.41) is 11.8. The lowest BCUT2D eigenvalue weighted by atomic mass is 9.68. The highest BCUT2D eigenvalue weighted by Crippen LogP contribution is 2.52. The first-order valence-corrected chi connectivity index (χ1v) is 9.93. The van der Waals surface area contributed by atoms with Gasteiger partial charge in [0.15, 0.2) is 5.60 Å². The van der Waals surface area contributed by atoms with Crippen molar-refractivity contribution in [1.29, 1.82) is 0 Å². The quantitative estimate of drug-likeness (QED) is 0.769. The van der Waals surface area contributed by atoms with E-state index in [0.29, 0.717) is 11.3 Å². The molecule has 2 aliphatic carbocycles. The number of amides is 2. The minimum Gasteiger partial charge on any atom is -0.375 e. The fraction of sp³-hybridized carbons (Fsp3) is 0.545. The number of allylic oxidation sites excluding steroid dienone is 1. The molecule has 0 aromatic heterocycles. The molecule has 0 unspecified atom stereocenters. The monoisotopic (exact) mass is 353 g/mol. The molecule has 2 amide bonds. The van der Waals surface area contributed by atoms with Crippen LogP contribution in [0.2, 0.25) is 0 Å². The number of hydrogen-bond acceptors (Lipinski definition) is 3. The van der Waals surface area contributed by atoms with Crippen molar-refractivity contribution < 1.29 is 14.7 Å². The molecule has 4 nitrogen and oxygen atoms in total. The molecule has 1 aromatic rings. The minimum absolute atomic E-state index is 0.206. The van der Waals surface area contributed by atoms with Crippen molar-refractivity contribution in [2.24, 2.45) is 5.92 Å². The van der Waals surface area contributed by atoms with Gasteiger partial charge in [-0.3, -0.25) is 9.59 Å². The Hall–Kier alpha value is -1.94. The molecule has 0 bridgehead atoms. The number of benzene rings is 1. The van der Waals surface area contributed by atoms with E-state index in [4.69, 9.17) is 0 Å². The predicted molar refractivity (Wildman–Crippen MR) is 101 cm³/mol. The maximum atomic E-state index is 13.3. The highest BCUT2D eigenvalue weighted by molar-refractivity contribution is 6.21. The molecule has 2 fully saturated rings. The van der Waals surface area contributed by atoms with E-state index in [1.807, 2.05) is 18.2 Å². The maximum absolute atomic E-state index is 13.3. The van der Waals surface area contributed by atoms with E-state index in [0.717, 1.165) is 38.5 Å². The van der Waals surface area contributed by atoms with Crippen LogP contribution < -0.4 is 4.90 Å². The van der Waals surface area contributed by atoms with Gasteiger partial charge in [-0.25, -0.2) is 4.90 Å². The molecule has 2 saturated carbocycles. The zero-order valence-electron chi connectivity index (χ0n) is 15.5. The van der Waals surface area contributed by atoms with Crippen LogP contribution in [0.5, 0.6) is 0 Å². The number of carbonyl (C=O) groups excluding carboxylic acids is 2. The molecule has 26 heavy (non-hydrogen) atoms. The average molecular weight is 353 g/mol. The summed E-state index contributed by atoms with van der Waals surface area (Å²) in [6.45, 7) is 1.39. The molecule has 1 aromatic carbocycles. The molecule has 2 atom stereocenters. The number of hydrogen-bond donors (Lipinski definition) is 1. The van der Waals surface area contributed by atoms with Crippen LogP contribution in [0.1, 0.15) is 70.3 Å². The van der Waals surface area contributed by atoms with E-state index in [2.05, 4.69) is 0 Å². The average Bonchev–Trinajstić information content (AvgIpc) is 2.91. The van der Waals surface area contributed by atoms with Crippen LogP contribution in [0.25, 0.3) is 0 Å². The third-order valence-electron chi connectivity index (χ3n) is 6.42. The molecule has 4 rings (SSSR count). The van der Waals surface area contributed by atoms with Gasteiger partial charge in [0.2, 0.25) is 5.91 Å². The molecule has 1 heterocycles. The standard InChI is InChI=1S/C22H27NO3/c1-15(24)23-20-14-8-7-13-19(20)22(26,21(23)25)18-12-6-5-11-17(18)16-9-3-2-4-10-16/h7-8,13-14,18,26H,2-6,9-12H2,1H3/t18-,22-/m1/s1. The molecule has 4 heteroatoms. The molecule has 1 N–H and O–H groups in total. The summed E-state index contributed by atoms with van der Waals surface area (Å²) in [6, 6.07) is 7.24. The summed E-state index contributed by atoms with van der Waals surface area (Å²) in [6.07, 6.45) is 9.77. The number of imide groups is 1. The smallest absolute Gasteiger partial charge is 0.271 e. The van der Waals surface area contributed by atoms with E-state index in [1.54, 1.807) is 6.07 Å². The second-order valence-corrected chi connectivity index (χ2v) is 7.93. The molecule has 1 aliphatic heterocycles. The third-order valence-corrected chi connectivity index (χ3v) is 6.42. The van der Waals surface area contributed by atoms with Crippen molar-refractivity contribution in [3.63, 3.8) is 0 Å². The highest BCUT2D eigenvalue weighted by atomic mass is 16.3. The highest BCUT2D eigenvalue weighted by Gasteiger charge is 2.56. The second kappa shape index (κ2) is 6.66. The van der Waals surface area contributed by atoms with Gasteiger partial charge in [0.05, 0.1) is 5.69 Å². The fourth-order valence-corrected chi connectivity index (χ4v) is 5.23.